The lowest BCUT2D eigenvalue weighted by atomic mass is 10.1. The van der Waals surface area contributed by atoms with Gasteiger partial charge in [0.2, 0.25) is 0 Å². The highest BCUT2D eigenvalue weighted by atomic mass is 35.5. The van der Waals surface area contributed by atoms with Gasteiger partial charge in [-0.25, -0.2) is 4.98 Å². The van der Waals surface area contributed by atoms with E-state index in [0.717, 1.165) is 36.5 Å². The largest absolute Gasteiger partial charge is 0.351 e. The van der Waals surface area contributed by atoms with Crippen molar-refractivity contribution in [3.05, 3.63) is 71.4 Å². The summed E-state index contributed by atoms with van der Waals surface area (Å²) in [5.41, 5.74) is 2.48. The first-order chi connectivity index (χ1) is 13.0. The van der Waals surface area contributed by atoms with Gasteiger partial charge < -0.3 is 9.88 Å². The number of amides is 1. The maximum Gasteiger partial charge on any atom is 0.251 e. The summed E-state index contributed by atoms with van der Waals surface area (Å²) in [6, 6.07) is 11.2. The lowest BCUT2D eigenvalue weighted by molar-refractivity contribution is 0.0943. The summed E-state index contributed by atoms with van der Waals surface area (Å²) in [7, 11) is 0. The molecule has 1 N–H and O–H groups in total. The van der Waals surface area contributed by atoms with Gasteiger partial charge in [0, 0.05) is 48.2 Å². The molecular formula is C21H21ClN4O. The Hall–Kier alpha value is -2.66. The van der Waals surface area contributed by atoms with Crippen LogP contribution in [0.2, 0.25) is 5.02 Å². The minimum atomic E-state index is -0.0561. The van der Waals surface area contributed by atoms with E-state index in [4.69, 9.17) is 11.6 Å². The number of benzene rings is 1. The molecule has 0 bridgehead atoms. The number of nitrogens with zero attached hydrogens (tertiary/aromatic N) is 3. The fourth-order valence-electron chi connectivity index (χ4n) is 3.24. The summed E-state index contributed by atoms with van der Waals surface area (Å²) < 4.78 is 2.16. The molecule has 0 radical (unpaired) electrons. The third-order valence-electron chi connectivity index (χ3n) is 5.16. The molecule has 1 fully saturated rings. The maximum atomic E-state index is 12.7. The summed E-state index contributed by atoms with van der Waals surface area (Å²) >= 11 is 5.90. The van der Waals surface area contributed by atoms with Crippen molar-refractivity contribution in [3.63, 3.8) is 0 Å². The predicted molar refractivity (Wildman–Crippen MR) is 106 cm³/mol. The molecule has 1 aliphatic rings. The van der Waals surface area contributed by atoms with Crippen LogP contribution in [0, 0.1) is 12.3 Å². The van der Waals surface area contributed by atoms with Gasteiger partial charge in [0.25, 0.3) is 5.91 Å². The standard InChI is InChI=1S/C21H21ClN4O/c1-15-23-9-10-26(15)14-21(7-8-21)13-25-20(27)17-4-2-3-16(11-17)19-6-5-18(22)12-24-19/h2-6,9-12H,7-8,13-14H2,1H3,(H,25,27). The number of hydrogen-bond donors (Lipinski definition) is 1. The predicted octanol–water partition coefficient (Wildman–Crippen LogP) is 4.12. The van der Waals surface area contributed by atoms with Crippen LogP contribution in [0.3, 0.4) is 0 Å². The van der Waals surface area contributed by atoms with Crippen LogP contribution in [0.1, 0.15) is 29.0 Å². The highest BCUT2D eigenvalue weighted by molar-refractivity contribution is 6.30. The number of imidazole rings is 1. The average Bonchev–Trinajstić information content (AvgIpc) is 3.34. The van der Waals surface area contributed by atoms with E-state index in [2.05, 4.69) is 19.9 Å². The number of carbonyl (C=O) groups is 1. The third-order valence-corrected chi connectivity index (χ3v) is 5.38. The molecule has 0 saturated heterocycles. The molecule has 6 heteroatoms. The topological polar surface area (TPSA) is 59.8 Å². The molecule has 0 aliphatic heterocycles. The van der Waals surface area contributed by atoms with E-state index in [1.54, 1.807) is 12.3 Å². The molecule has 4 rings (SSSR count). The highest BCUT2D eigenvalue weighted by Crippen LogP contribution is 2.46. The average molecular weight is 381 g/mol. The van der Waals surface area contributed by atoms with Crippen LogP contribution in [0.4, 0.5) is 0 Å². The molecule has 1 aliphatic carbocycles. The van der Waals surface area contributed by atoms with E-state index in [1.807, 2.05) is 49.6 Å². The number of rotatable bonds is 6. The van der Waals surface area contributed by atoms with Crippen molar-refractivity contribution in [2.45, 2.75) is 26.3 Å². The van der Waals surface area contributed by atoms with Gasteiger partial charge in [0.05, 0.1) is 10.7 Å². The fraction of sp³-hybridized carbons (Fsp3) is 0.286. The molecule has 138 valence electrons. The summed E-state index contributed by atoms with van der Waals surface area (Å²) in [6.07, 6.45) is 7.68. The first kappa shape index (κ1) is 17.7. The number of aryl methyl sites for hydroxylation is 1. The Labute approximate surface area is 163 Å². The van der Waals surface area contributed by atoms with Crippen LogP contribution in [-0.4, -0.2) is 27.0 Å². The van der Waals surface area contributed by atoms with E-state index < -0.39 is 0 Å². The number of aromatic nitrogens is 3. The second-order valence-electron chi connectivity index (χ2n) is 7.23. The first-order valence-electron chi connectivity index (χ1n) is 9.03. The molecule has 3 aromatic rings. The number of halogens is 1. The van der Waals surface area contributed by atoms with Gasteiger partial charge in [0.15, 0.2) is 0 Å². The minimum absolute atomic E-state index is 0.0561. The number of nitrogens with one attached hydrogen (secondary N) is 1. The quantitative estimate of drug-likeness (QED) is 0.699. The van der Waals surface area contributed by atoms with Crippen LogP contribution in [0.25, 0.3) is 11.3 Å². The first-order valence-corrected chi connectivity index (χ1v) is 9.40. The van der Waals surface area contributed by atoms with Gasteiger partial charge in [-0.2, -0.15) is 0 Å². The second-order valence-corrected chi connectivity index (χ2v) is 7.66. The van der Waals surface area contributed by atoms with Crippen molar-refractivity contribution in [1.29, 1.82) is 0 Å². The maximum absolute atomic E-state index is 12.7. The Morgan fingerprint density at radius 1 is 1.26 bits per heavy atom. The van der Waals surface area contributed by atoms with Gasteiger partial charge in [-0.15, -0.1) is 0 Å². The van der Waals surface area contributed by atoms with Crippen molar-refractivity contribution in [3.8, 4) is 11.3 Å². The number of pyridine rings is 1. The van der Waals surface area contributed by atoms with Gasteiger partial charge >= 0.3 is 0 Å². The zero-order valence-corrected chi connectivity index (χ0v) is 15.9. The smallest absolute Gasteiger partial charge is 0.251 e. The fourth-order valence-corrected chi connectivity index (χ4v) is 3.35. The monoisotopic (exact) mass is 380 g/mol. The van der Waals surface area contributed by atoms with Crippen LogP contribution in [0.15, 0.2) is 55.0 Å². The van der Waals surface area contributed by atoms with Crippen LogP contribution in [-0.2, 0) is 6.54 Å². The summed E-state index contributed by atoms with van der Waals surface area (Å²) in [5, 5.41) is 3.70. The molecule has 27 heavy (non-hydrogen) atoms. The van der Waals surface area contributed by atoms with Gasteiger partial charge in [-0.1, -0.05) is 23.7 Å². The number of hydrogen-bond acceptors (Lipinski definition) is 3. The van der Waals surface area contributed by atoms with E-state index >= 15 is 0 Å². The second kappa shape index (κ2) is 7.16. The van der Waals surface area contributed by atoms with Gasteiger partial charge in [-0.3, -0.25) is 9.78 Å². The SMILES string of the molecule is Cc1nccn1CC1(CNC(=O)c2cccc(-c3ccc(Cl)cn3)c2)CC1. The van der Waals surface area contributed by atoms with Crippen LogP contribution >= 0.6 is 11.6 Å². The van der Waals surface area contributed by atoms with Gasteiger partial charge in [0.1, 0.15) is 5.82 Å². The zero-order valence-electron chi connectivity index (χ0n) is 15.2. The Balaban J connectivity index is 1.42. The molecule has 0 unspecified atom stereocenters. The van der Waals surface area contributed by atoms with E-state index in [9.17, 15) is 4.79 Å². The molecular weight excluding hydrogens is 360 g/mol. The highest BCUT2D eigenvalue weighted by Gasteiger charge is 2.43. The van der Waals surface area contributed by atoms with Crippen LogP contribution in [0.5, 0.6) is 0 Å². The molecule has 5 nitrogen and oxygen atoms in total. The van der Waals surface area contributed by atoms with Crippen LogP contribution < -0.4 is 5.32 Å². The Morgan fingerprint density at radius 3 is 2.78 bits per heavy atom. The molecule has 2 heterocycles. The molecule has 0 atom stereocenters. The van der Waals surface area contributed by atoms with E-state index in [1.165, 1.54) is 0 Å². The number of carbonyl (C=O) groups excluding carboxylic acids is 1. The summed E-state index contributed by atoms with van der Waals surface area (Å²) in [5.74, 6) is 0.954. The van der Waals surface area contributed by atoms with Gasteiger partial charge in [-0.05, 0) is 44.0 Å². The summed E-state index contributed by atoms with van der Waals surface area (Å²) in [4.78, 5) is 21.3. The van der Waals surface area contributed by atoms with Crippen molar-refractivity contribution in [2.75, 3.05) is 6.54 Å². The minimum Gasteiger partial charge on any atom is -0.351 e. The molecule has 1 saturated carbocycles. The molecule has 0 spiro atoms. The van der Waals surface area contributed by atoms with Crippen molar-refractivity contribution in [2.24, 2.45) is 5.41 Å². The molecule has 2 aromatic heterocycles. The molecule has 1 aromatic carbocycles. The summed E-state index contributed by atoms with van der Waals surface area (Å²) in [6.45, 7) is 3.58. The zero-order chi connectivity index (χ0) is 18.9. The van der Waals surface area contributed by atoms with Crippen molar-refractivity contribution in [1.82, 2.24) is 19.9 Å². The lowest BCUT2D eigenvalue weighted by Crippen LogP contribution is -2.32. The Morgan fingerprint density at radius 2 is 2.11 bits per heavy atom. The van der Waals surface area contributed by atoms with E-state index in [-0.39, 0.29) is 11.3 Å². The van der Waals surface area contributed by atoms with Crippen molar-refractivity contribution >= 4 is 17.5 Å². The third kappa shape index (κ3) is 4.03. The Kier molecular flexibility index (Phi) is 4.70. The normalized spacial score (nSPS) is 14.7. The van der Waals surface area contributed by atoms with E-state index in [0.29, 0.717) is 17.1 Å². The Bertz CT molecular complexity index is 960. The lowest BCUT2D eigenvalue weighted by Gasteiger charge is -2.18. The molecule has 1 amide bonds. The van der Waals surface area contributed by atoms with Crippen molar-refractivity contribution < 1.29 is 4.79 Å².